The van der Waals surface area contributed by atoms with E-state index < -0.39 is 95.4 Å². The molecule has 0 aliphatic rings. The maximum Gasteiger partial charge on any atom is 0.0645 e. The fraction of sp³-hybridized carbons (Fsp3) is 0. The molecule has 0 aliphatic carbocycles. The Morgan fingerprint density at radius 3 is 1.53 bits per heavy atom. The monoisotopic (exact) mass is 610 g/mol. The van der Waals surface area contributed by atoms with Gasteiger partial charge in [-0.3, -0.25) is 0 Å². The molecule has 1 nitrogen and oxygen atoms in total. The zero-order chi connectivity index (χ0) is 42.5. The van der Waals surface area contributed by atoms with Gasteiger partial charge in [0.15, 0.2) is 0 Å². The minimum Gasteiger partial charge on any atom is -0.310 e. The molecule has 0 aliphatic heterocycles. The van der Waals surface area contributed by atoms with Crippen molar-refractivity contribution >= 4 is 60.2 Å². The zero-order valence-electron chi connectivity index (χ0n) is 37.8. The van der Waals surface area contributed by atoms with E-state index in [9.17, 15) is 11.0 Å². The third-order valence-electron chi connectivity index (χ3n) is 8.44. The Morgan fingerprint density at radius 1 is 0.340 bits per heavy atom. The van der Waals surface area contributed by atoms with Crippen LogP contribution >= 0.6 is 0 Å². The van der Waals surface area contributed by atoms with Crippen LogP contribution in [-0.2, 0) is 0 Å². The Labute approximate surface area is 292 Å². The van der Waals surface area contributed by atoms with Gasteiger partial charge in [-0.1, -0.05) is 151 Å². The number of benzene rings is 9. The molecule has 0 unspecified atom stereocenters. The van der Waals surface area contributed by atoms with Crippen LogP contribution in [0.4, 0.5) is 17.1 Å². The first kappa shape index (κ1) is 16.9. The van der Waals surface area contributed by atoms with Gasteiger partial charge in [-0.05, 0) is 96.3 Å². The van der Waals surface area contributed by atoms with E-state index in [0.29, 0.717) is 16.3 Å². The van der Waals surface area contributed by atoms with Gasteiger partial charge < -0.3 is 4.90 Å². The summed E-state index contributed by atoms with van der Waals surface area (Å²) in [6.07, 6.45) is 0. The van der Waals surface area contributed by atoms with Crippen molar-refractivity contribution < 1.29 is 17.8 Å². The molecule has 47 heavy (non-hydrogen) atoms. The molecule has 0 fully saturated rings. The average molecular weight is 611 g/mol. The maximum atomic E-state index is 9.58. The highest BCUT2D eigenvalue weighted by atomic mass is 15.1. The van der Waals surface area contributed by atoms with Gasteiger partial charge in [0.1, 0.15) is 0 Å². The molecule has 9 aromatic rings. The van der Waals surface area contributed by atoms with Gasteiger partial charge in [0, 0.05) is 16.8 Å². The SMILES string of the molecule is [2H]c1c([2H])c([2H])c(-c2c([2H])c([2H])c(N(c3c([2H])c([2H])c(-c4ccc5c(ccc6ccccc65)c4)c([2H])c3[2H])c3cc4ccccc4c4ccccc34)c([2H])c2[2H])c([2H])c1[2H]. The minimum atomic E-state index is -0.727. The lowest BCUT2D eigenvalue weighted by molar-refractivity contribution is 1.30. The molecule has 0 bridgehead atoms. The van der Waals surface area contributed by atoms with Crippen molar-refractivity contribution in [3.8, 4) is 22.3 Å². The topological polar surface area (TPSA) is 3.24 Å². The average Bonchev–Trinajstić information content (AvgIpc) is 3.26. The minimum absolute atomic E-state index is 0.0308. The third-order valence-corrected chi connectivity index (χ3v) is 8.44. The van der Waals surface area contributed by atoms with E-state index in [-0.39, 0.29) is 16.9 Å². The molecule has 220 valence electrons. The Kier molecular flexibility index (Phi) is 4.08. The second kappa shape index (κ2) is 11.3. The molecular formula is C46H31N. The molecule has 0 amide bonds. The lowest BCUT2D eigenvalue weighted by atomic mass is 9.97. The van der Waals surface area contributed by atoms with Crippen LogP contribution in [0.1, 0.15) is 17.8 Å². The van der Waals surface area contributed by atoms with Gasteiger partial charge in [0.25, 0.3) is 0 Å². The molecule has 0 aromatic heterocycles. The summed E-state index contributed by atoms with van der Waals surface area (Å²) in [4.78, 5) is 1.23. The van der Waals surface area contributed by atoms with Gasteiger partial charge in [0.2, 0.25) is 0 Å². The first-order valence-electron chi connectivity index (χ1n) is 21.6. The first-order valence-corrected chi connectivity index (χ1v) is 15.1. The summed E-state index contributed by atoms with van der Waals surface area (Å²) in [5.41, 5.74) is -1.08. The highest BCUT2D eigenvalue weighted by Gasteiger charge is 2.18. The number of fused-ring (bicyclic) bond motifs is 6. The number of anilines is 3. The molecule has 9 aromatic carbocycles. The van der Waals surface area contributed by atoms with Crippen molar-refractivity contribution in [1.82, 2.24) is 0 Å². The van der Waals surface area contributed by atoms with Crippen molar-refractivity contribution in [2.45, 2.75) is 0 Å². The second-order valence-corrected chi connectivity index (χ2v) is 11.2. The summed E-state index contributed by atoms with van der Waals surface area (Å²) in [7, 11) is 0. The van der Waals surface area contributed by atoms with Crippen LogP contribution in [0.2, 0.25) is 0 Å². The Balaban J connectivity index is 1.36. The summed E-state index contributed by atoms with van der Waals surface area (Å²) >= 11 is 0. The first-order chi connectivity index (χ1) is 28.7. The maximum absolute atomic E-state index is 9.58. The van der Waals surface area contributed by atoms with Crippen molar-refractivity contribution in [2.75, 3.05) is 4.90 Å². The largest absolute Gasteiger partial charge is 0.310 e. The molecule has 1 heteroatoms. The third kappa shape index (κ3) is 4.81. The van der Waals surface area contributed by atoms with Gasteiger partial charge in [-0.25, -0.2) is 0 Å². The molecule has 0 saturated heterocycles. The summed E-state index contributed by atoms with van der Waals surface area (Å²) in [5, 5.41) is 6.69. The smallest absolute Gasteiger partial charge is 0.0645 e. The quantitative estimate of drug-likeness (QED) is 0.175. The van der Waals surface area contributed by atoms with Crippen LogP contribution in [0, 0.1) is 0 Å². The van der Waals surface area contributed by atoms with Crippen LogP contribution in [0.3, 0.4) is 0 Å². The van der Waals surface area contributed by atoms with Crippen molar-refractivity contribution in [1.29, 1.82) is 0 Å². The summed E-state index contributed by atoms with van der Waals surface area (Å²) in [6, 6.07) is 25.6. The zero-order valence-corrected chi connectivity index (χ0v) is 24.8. The number of rotatable bonds is 5. The van der Waals surface area contributed by atoms with E-state index in [1.807, 2.05) is 84.9 Å². The van der Waals surface area contributed by atoms with E-state index in [1.54, 1.807) is 24.3 Å². The summed E-state index contributed by atoms with van der Waals surface area (Å²) in [6.45, 7) is 0. The van der Waals surface area contributed by atoms with E-state index in [1.165, 1.54) is 4.90 Å². The predicted octanol–water partition coefficient (Wildman–Crippen LogP) is 13.1. The Morgan fingerprint density at radius 2 is 0.830 bits per heavy atom. The summed E-state index contributed by atoms with van der Waals surface area (Å²) < 4.78 is 117. The van der Waals surface area contributed by atoms with E-state index >= 15 is 0 Å². The van der Waals surface area contributed by atoms with Gasteiger partial charge >= 0.3 is 0 Å². The molecule has 0 saturated carbocycles. The molecule has 0 atom stereocenters. The number of hydrogen-bond donors (Lipinski definition) is 0. The van der Waals surface area contributed by atoms with Crippen molar-refractivity contribution in [3.05, 3.63) is 188 Å². The van der Waals surface area contributed by atoms with E-state index in [4.69, 9.17) is 6.85 Å². The molecule has 0 spiro atoms. The lowest BCUT2D eigenvalue weighted by Crippen LogP contribution is -2.10. The molecule has 0 heterocycles. The fourth-order valence-electron chi connectivity index (χ4n) is 6.22. The van der Waals surface area contributed by atoms with Gasteiger partial charge in [-0.15, -0.1) is 0 Å². The van der Waals surface area contributed by atoms with Crippen LogP contribution in [0.5, 0.6) is 0 Å². The van der Waals surface area contributed by atoms with Crippen LogP contribution in [0.15, 0.2) is 188 Å². The van der Waals surface area contributed by atoms with E-state index in [2.05, 4.69) is 0 Å². The standard InChI is InChI=1S/C46H31N/c1-2-10-32(11-3-1)33-20-25-39(26-21-33)47(46-31-37-13-5-7-15-42(37)44-16-8-9-17-45(44)46)40-27-22-34(23-28-40)36-24-29-43-38(30-36)19-18-35-12-4-6-14-41(35)43/h1-31H/i1D,2D,3D,10D,11D,20D,21D,22D,23D,25D,26D,27D,28D. The molecule has 0 N–H and O–H groups in total. The fourth-order valence-corrected chi connectivity index (χ4v) is 6.22. The Hall–Kier alpha value is -6.18. The second-order valence-electron chi connectivity index (χ2n) is 11.2. The van der Waals surface area contributed by atoms with Crippen molar-refractivity contribution in [3.63, 3.8) is 0 Å². The van der Waals surface area contributed by atoms with E-state index in [0.717, 1.165) is 32.3 Å². The van der Waals surface area contributed by atoms with Gasteiger partial charge in [0.05, 0.1) is 23.5 Å². The van der Waals surface area contributed by atoms with Gasteiger partial charge in [-0.2, -0.15) is 0 Å². The highest BCUT2D eigenvalue weighted by Crippen LogP contribution is 2.43. The number of nitrogens with zero attached hydrogens (tertiary/aromatic N) is 1. The molecule has 9 rings (SSSR count). The Bertz CT molecular complexity index is 3240. The van der Waals surface area contributed by atoms with Crippen LogP contribution in [-0.4, -0.2) is 0 Å². The predicted molar refractivity (Wildman–Crippen MR) is 202 cm³/mol. The molecule has 0 radical (unpaired) electrons. The van der Waals surface area contributed by atoms with Crippen LogP contribution in [0.25, 0.3) is 65.3 Å². The number of hydrogen-bond acceptors (Lipinski definition) is 1. The van der Waals surface area contributed by atoms with Crippen molar-refractivity contribution in [2.24, 2.45) is 0 Å². The molecular weight excluding hydrogens is 567 g/mol. The summed E-state index contributed by atoms with van der Waals surface area (Å²) in [5.74, 6) is 0. The highest BCUT2D eigenvalue weighted by molar-refractivity contribution is 6.14. The normalized spacial score (nSPS) is 15.3. The lowest BCUT2D eigenvalue weighted by Gasteiger charge is -2.28. The van der Waals surface area contributed by atoms with Crippen LogP contribution < -0.4 is 4.90 Å².